The van der Waals surface area contributed by atoms with Crippen LogP contribution in [0.15, 0.2) is 18.2 Å². The summed E-state index contributed by atoms with van der Waals surface area (Å²) in [5.74, 6) is -0.00125. The van der Waals surface area contributed by atoms with Crippen molar-refractivity contribution in [3.05, 3.63) is 34.9 Å². The molecule has 1 aromatic rings. The number of methoxy groups -OCH3 is 1. The normalized spacial score (nSPS) is 20.0. The Balaban J connectivity index is 1.82. The average molecular weight is 287 g/mol. The molecule has 3 rings (SSSR count). The molecule has 1 amide bonds. The van der Waals surface area contributed by atoms with Gasteiger partial charge < -0.3 is 10.1 Å². The van der Waals surface area contributed by atoms with Crippen LogP contribution in [0.25, 0.3) is 0 Å². The highest BCUT2D eigenvalue weighted by atomic mass is 16.5. The Morgan fingerprint density at radius 3 is 2.81 bits per heavy atom. The summed E-state index contributed by atoms with van der Waals surface area (Å²) in [6.45, 7) is 0.698. The maximum absolute atomic E-state index is 12.5. The van der Waals surface area contributed by atoms with E-state index in [1.807, 2.05) is 12.1 Å². The number of carbonyl (C=O) groups excluding carboxylic acids is 2. The molecule has 1 fully saturated rings. The van der Waals surface area contributed by atoms with Crippen molar-refractivity contribution in [3.8, 4) is 0 Å². The van der Waals surface area contributed by atoms with E-state index in [2.05, 4.69) is 5.32 Å². The molecule has 1 aliphatic heterocycles. The standard InChI is InChI=1S/C17H21NO3/c1-21-17(7-3-8-17)11-15(19)13-6-5-12-4-2-9-18-16(20)14(12)10-13/h5-6,10H,2-4,7-9,11H2,1H3,(H,18,20). The maximum Gasteiger partial charge on any atom is 0.251 e. The second kappa shape index (κ2) is 5.60. The minimum Gasteiger partial charge on any atom is -0.378 e. The van der Waals surface area contributed by atoms with Crippen LogP contribution in [0.4, 0.5) is 0 Å². The van der Waals surface area contributed by atoms with Crippen LogP contribution >= 0.6 is 0 Å². The molecular formula is C17H21NO3. The Labute approximate surface area is 124 Å². The molecule has 1 saturated carbocycles. The first-order valence-electron chi connectivity index (χ1n) is 7.63. The van der Waals surface area contributed by atoms with Crippen LogP contribution in [-0.2, 0) is 11.2 Å². The van der Waals surface area contributed by atoms with Crippen molar-refractivity contribution in [2.75, 3.05) is 13.7 Å². The number of amides is 1. The van der Waals surface area contributed by atoms with Crippen LogP contribution in [0.5, 0.6) is 0 Å². The van der Waals surface area contributed by atoms with Gasteiger partial charge >= 0.3 is 0 Å². The van der Waals surface area contributed by atoms with Crippen LogP contribution in [0.3, 0.4) is 0 Å². The molecule has 4 nitrogen and oxygen atoms in total. The van der Waals surface area contributed by atoms with Gasteiger partial charge in [-0.1, -0.05) is 12.1 Å². The van der Waals surface area contributed by atoms with Gasteiger partial charge in [0.05, 0.1) is 5.60 Å². The molecule has 112 valence electrons. The third-order valence-corrected chi connectivity index (χ3v) is 4.77. The third kappa shape index (κ3) is 2.72. The minimum absolute atomic E-state index is 0.0661. The third-order valence-electron chi connectivity index (χ3n) is 4.77. The Hall–Kier alpha value is -1.68. The van der Waals surface area contributed by atoms with E-state index < -0.39 is 0 Å². The van der Waals surface area contributed by atoms with Gasteiger partial charge in [0.2, 0.25) is 0 Å². The zero-order chi connectivity index (χ0) is 14.9. The summed E-state index contributed by atoms with van der Waals surface area (Å²) in [5, 5.41) is 2.87. The quantitative estimate of drug-likeness (QED) is 0.866. The van der Waals surface area contributed by atoms with Gasteiger partial charge in [-0.15, -0.1) is 0 Å². The fourth-order valence-electron chi connectivity index (χ4n) is 3.17. The van der Waals surface area contributed by atoms with Crippen LogP contribution in [-0.4, -0.2) is 30.9 Å². The molecule has 1 aromatic carbocycles. The van der Waals surface area contributed by atoms with E-state index in [-0.39, 0.29) is 17.3 Å². The molecule has 0 aromatic heterocycles. The zero-order valence-electron chi connectivity index (χ0n) is 12.4. The Morgan fingerprint density at radius 1 is 1.33 bits per heavy atom. The topological polar surface area (TPSA) is 55.4 Å². The second-order valence-electron chi connectivity index (χ2n) is 6.07. The summed E-state index contributed by atoms with van der Waals surface area (Å²) in [6, 6.07) is 5.52. The number of aryl methyl sites for hydroxylation is 1. The Kier molecular flexibility index (Phi) is 3.81. The summed E-state index contributed by atoms with van der Waals surface area (Å²) in [7, 11) is 1.68. The number of benzene rings is 1. The van der Waals surface area contributed by atoms with E-state index in [0.717, 1.165) is 37.7 Å². The van der Waals surface area contributed by atoms with Crippen molar-refractivity contribution in [1.82, 2.24) is 5.32 Å². The molecule has 21 heavy (non-hydrogen) atoms. The molecule has 0 atom stereocenters. The van der Waals surface area contributed by atoms with Crippen molar-refractivity contribution in [2.45, 2.75) is 44.1 Å². The van der Waals surface area contributed by atoms with Gasteiger partial charge in [0.1, 0.15) is 0 Å². The van der Waals surface area contributed by atoms with E-state index in [4.69, 9.17) is 4.74 Å². The maximum atomic E-state index is 12.5. The number of ether oxygens (including phenoxy) is 1. The predicted molar refractivity (Wildman–Crippen MR) is 79.6 cm³/mol. The lowest BCUT2D eigenvalue weighted by atomic mass is 9.75. The number of fused-ring (bicyclic) bond motifs is 1. The molecule has 0 spiro atoms. The van der Waals surface area contributed by atoms with Crippen LogP contribution in [0.2, 0.25) is 0 Å². The first kappa shape index (κ1) is 14.3. The van der Waals surface area contributed by atoms with E-state index >= 15 is 0 Å². The van der Waals surface area contributed by atoms with Gasteiger partial charge in [0.15, 0.2) is 5.78 Å². The molecule has 1 heterocycles. The summed E-state index contributed by atoms with van der Waals surface area (Å²) in [4.78, 5) is 24.5. The summed E-state index contributed by atoms with van der Waals surface area (Å²) in [6.07, 6.45) is 5.24. The van der Waals surface area contributed by atoms with E-state index in [1.54, 1.807) is 13.2 Å². The van der Waals surface area contributed by atoms with Crippen LogP contribution in [0, 0.1) is 0 Å². The molecule has 0 radical (unpaired) electrons. The highest BCUT2D eigenvalue weighted by molar-refractivity contribution is 6.02. The average Bonchev–Trinajstić information content (AvgIpc) is 2.64. The summed E-state index contributed by atoms with van der Waals surface area (Å²) in [5.41, 5.74) is 2.03. The molecule has 0 bridgehead atoms. The summed E-state index contributed by atoms with van der Waals surface area (Å²) >= 11 is 0. The number of rotatable bonds is 4. The van der Waals surface area contributed by atoms with Crippen molar-refractivity contribution in [3.63, 3.8) is 0 Å². The van der Waals surface area contributed by atoms with E-state index in [1.165, 1.54) is 0 Å². The predicted octanol–water partition coefficient (Wildman–Crippen LogP) is 2.50. The largest absolute Gasteiger partial charge is 0.378 e. The molecule has 1 N–H and O–H groups in total. The highest BCUT2D eigenvalue weighted by Gasteiger charge is 2.39. The van der Waals surface area contributed by atoms with Crippen LogP contribution in [0.1, 0.15) is 58.4 Å². The lowest BCUT2D eigenvalue weighted by Crippen LogP contribution is -2.41. The Bertz CT molecular complexity index is 570. The van der Waals surface area contributed by atoms with E-state index in [0.29, 0.717) is 24.1 Å². The molecular weight excluding hydrogens is 266 g/mol. The minimum atomic E-state index is -0.272. The smallest absolute Gasteiger partial charge is 0.251 e. The highest BCUT2D eigenvalue weighted by Crippen LogP contribution is 2.38. The van der Waals surface area contributed by atoms with Gasteiger partial charge in [0, 0.05) is 31.2 Å². The SMILES string of the molecule is COC1(CC(=O)c2ccc3c(c2)C(=O)NCCC3)CCC1. The fourth-order valence-corrected chi connectivity index (χ4v) is 3.17. The lowest BCUT2D eigenvalue weighted by molar-refractivity contribution is -0.0704. The first-order valence-corrected chi connectivity index (χ1v) is 7.63. The van der Waals surface area contributed by atoms with Crippen molar-refractivity contribution >= 4 is 11.7 Å². The lowest BCUT2D eigenvalue weighted by Gasteiger charge is -2.40. The molecule has 0 saturated heterocycles. The molecule has 0 unspecified atom stereocenters. The van der Waals surface area contributed by atoms with E-state index in [9.17, 15) is 9.59 Å². The number of hydrogen-bond donors (Lipinski definition) is 1. The summed E-state index contributed by atoms with van der Waals surface area (Å²) < 4.78 is 5.52. The zero-order valence-corrected chi connectivity index (χ0v) is 12.4. The van der Waals surface area contributed by atoms with Crippen molar-refractivity contribution in [1.29, 1.82) is 0 Å². The second-order valence-corrected chi connectivity index (χ2v) is 6.07. The van der Waals surface area contributed by atoms with Crippen LogP contribution < -0.4 is 5.32 Å². The molecule has 4 heteroatoms. The number of hydrogen-bond acceptors (Lipinski definition) is 3. The van der Waals surface area contributed by atoms with Gasteiger partial charge in [0.25, 0.3) is 5.91 Å². The fraction of sp³-hybridized carbons (Fsp3) is 0.529. The van der Waals surface area contributed by atoms with Crippen molar-refractivity contribution < 1.29 is 14.3 Å². The van der Waals surface area contributed by atoms with Gasteiger partial charge in [-0.05, 0) is 43.7 Å². The van der Waals surface area contributed by atoms with Gasteiger partial charge in [-0.3, -0.25) is 9.59 Å². The van der Waals surface area contributed by atoms with Crippen molar-refractivity contribution in [2.24, 2.45) is 0 Å². The first-order chi connectivity index (χ1) is 10.1. The monoisotopic (exact) mass is 287 g/mol. The van der Waals surface area contributed by atoms with Gasteiger partial charge in [-0.25, -0.2) is 0 Å². The molecule has 2 aliphatic rings. The van der Waals surface area contributed by atoms with Gasteiger partial charge in [-0.2, -0.15) is 0 Å². The number of Topliss-reactive ketones (excluding diaryl/α,β-unsaturated/α-hetero) is 1. The number of ketones is 1. The molecule has 1 aliphatic carbocycles. The Morgan fingerprint density at radius 2 is 2.14 bits per heavy atom. The number of nitrogens with one attached hydrogen (secondary N) is 1. The number of carbonyl (C=O) groups is 2.